The third-order valence-corrected chi connectivity index (χ3v) is 1.39. The molecule has 0 saturated heterocycles. The lowest BCUT2D eigenvalue weighted by molar-refractivity contribution is -0.128. The van der Waals surface area contributed by atoms with Gasteiger partial charge in [0.25, 0.3) is 0 Å². The molecule has 1 heterocycles. The second-order valence-corrected chi connectivity index (χ2v) is 2.68. The fourth-order valence-electron chi connectivity index (χ4n) is 0.845. The van der Waals surface area contributed by atoms with Crippen LogP contribution in [0, 0.1) is 0 Å². The number of nitrogens with one attached hydrogen (secondary N) is 1. The molecule has 0 fully saturated rings. The SMILES string of the molecule is CCNCc1nc(CC(F)(F)F)no1. The number of halogens is 3. The number of hydrogen-bond acceptors (Lipinski definition) is 4. The summed E-state index contributed by atoms with van der Waals surface area (Å²) in [6.07, 6.45) is -5.44. The average molecular weight is 209 g/mol. The largest absolute Gasteiger partial charge is 0.396 e. The van der Waals surface area contributed by atoms with Crippen molar-refractivity contribution in [2.24, 2.45) is 0 Å². The summed E-state index contributed by atoms with van der Waals surface area (Å²) in [4.78, 5) is 3.57. The molecular weight excluding hydrogens is 199 g/mol. The molecule has 0 aliphatic heterocycles. The Labute approximate surface area is 78.5 Å². The van der Waals surface area contributed by atoms with Gasteiger partial charge in [0.15, 0.2) is 5.82 Å². The summed E-state index contributed by atoms with van der Waals surface area (Å²) >= 11 is 0. The van der Waals surface area contributed by atoms with Crippen molar-refractivity contribution in [3.8, 4) is 0 Å². The van der Waals surface area contributed by atoms with E-state index in [4.69, 9.17) is 0 Å². The highest BCUT2D eigenvalue weighted by Gasteiger charge is 2.30. The second kappa shape index (κ2) is 4.41. The maximum Gasteiger partial charge on any atom is 0.396 e. The van der Waals surface area contributed by atoms with Crippen LogP contribution in [0.1, 0.15) is 18.6 Å². The van der Waals surface area contributed by atoms with Crippen LogP contribution in [-0.4, -0.2) is 22.9 Å². The summed E-state index contributed by atoms with van der Waals surface area (Å²) < 4.78 is 40.2. The van der Waals surface area contributed by atoms with E-state index in [9.17, 15) is 13.2 Å². The van der Waals surface area contributed by atoms with Crippen LogP contribution in [0.4, 0.5) is 13.2 Å². The van der Waals surface area contributed by atoms with Crippen LogP contribution in [0.3, 0.4) is 0 Å². The lowest BCUT2D eigenvalue weighted by atomic mass is 10.4. The smallest absolute Gasteiger partial charge is 0.338 e. The molecule has 7 heteroatoms. The zero-order valence-corrected chi connectivity index (χ0v) is 7.56. The first-order chi connectivity index (χ1) is 6.51. The minimum atomic E-state index is -4.29. The number of aromatic nitrogens is 2. The fraction of sp³-hybridized carbons (Fsp3) is 0.714. The van der Waals surface area contributed by atoms with Crippen molar-refractivity contribution in [3.05, 3.63) is 11.7 Å². The van der Waals surface area contributed by atoms with E-state index in [0.29, 0.717) is 13.1 Å². The van der Waals surface area contributed by atoms with Crippen molar-refractivity contribution in [1.82, 2.24) is 15.5 Å². The molecular formula is C7H10F3N3O. The van der Waals surface area contributed by atoms with E-state index in [1.807, 2.05) is 6.92 Å². The molecule has 0 bridgehead atoms. The lowest BCUT2D eigenvalue weighted by Gasteiger charge is -1.99. The van der Waals surface area contributed by atoms with Crippen molar-refractivity contribution in [2.45, 2.75) is 26.1 Å². The number of rotatable bonds is 4. The Morgan fingerprint density at radius 1 is 1.43 bits per heavy atom. The van der Waals surface area contributed by atoms with Gasteiger partial charge in [-0.1, -0.05) is 12.1 Å². The summed E-state index contributed by atoms with van der Waals surface area (Å²) in [5, 5.41) is 6.07. The maximum atomic E-state index is 11.9. The van der Waals surface area contributed by atoms with Gasteiger partial charge < -0.3 is 9.84 Å². The summed E-state index contributed by atoms with van der Waals surface area (Å²) in [5.41, 5.74) is 0. The molecule has 1 aromatic heterocycles. The van der Waals surface area contributed by atoms with Gasteiger partial charge in [-0.3, -0.25) is 0 Å². The highest BCUT2D eigenvalue weighted by molar-refractivity contribution is 4.88. The minimum absolute atomic E-state index is 0.172. The maximum absolute atomic E-state index is 11.9. The van der Waals surface area contributed by atoms with Crippen LogP contribution in [0.5, 0.6) is 0 Å². The van der Waals surface area contributed by atoms with Crippen molar-refractivity contribution in [3.63, 3.8) is 0 Å². The molecule has 0 atom stereocenters. The molecule has 1 aromatic rings. The van der Waals surface area contributed by atoms with Gasteiger partial charge in [0.1, 0.15) is 6.42 Å². The molecule has 1 N–H and O–H groups in total. The zero-order valence-electron chi connectivity index (χ0n) is 7.56. The summed E-state index contributed by atoms with van der Waals surface area (Å²) in [5.74, 6) is -0.156. The molecule has 1 rings (SSSR count). The monoisotopic (exact) mass is 209 g/mol. The van der Waals surface area contributed by atoms with Gasteiger partial charge in [0.2, 0.25) is 5.89 Å². The van der Waals surface area contributed by atoms with E-state index in [0.717, 1.165) is 0 Å². The van der Waals surface area contributed by atoms with Gasteiger partial charge in [-0.2, -0.15) is 18.2 Å². The van der Waals surface area contributed by atoms with Crippen molar-refractivity contribution in [2.75, 3.05) is 6.54 Å². The quantitative estimate of drug-likeness (QED) is 0.811. The third kappa shape index (κ3) is 3.73. The van der Waals surface area contributed by atoms with Crippen LogP contribution < -0.4 is 5.32 Å². The van der Waals surface area contributed by atoms with E-state index in [1.54, 1.807) is 0 Å². The molecule has 80 valence electrons. The normalized spacial score (nSPS) is 12.0. The molecule has 0 aromatic carbocycles. The molecule has 0 aliphatic carbocycles. The summed E-state index contributed by atoms with van der Waals surface area (Å²) in [6, 6.07) is 0. The molecule has 0 amide bonds. The van der Waals surface area contributed by atoms with E-state index < -0.39 is 12.6 Å². The van der Waals surface area contributed by atoms with Crippen molar-refractivity contribution < 1.29 is 17.7 Å². The van der Waals surface area contributed by atoms with E-state index >= 15 is 0 Å². The molecule has 0 radical (unpaired) electrons. The van der Waals surface area contributed by atoms with E-state index in [2.05, 4.69) is 20.0 Å². The number of alkyl halides is 3. The molecule has 0 saturated carbocycles. The predicted molar refractivity (Wildman–Crippen MR) is 41.4 cm³/mol. The highest BCUT2D eigenvalue weighted by atomic mass is 19.4. The fourth-order valence-corrected chi connectivity index (χ4v) is 0.845. The first-order valence-corrected chi connectivity index (χ1v) is 4.10. The van der Waals surface area contributed by atoms with Crippen molar-refractivity contribution in [1.29, 1.82) is 0 Å². The van der Waals surface area contributed by atoms with E-state index in [-0.39, 0.29) is 11.7 Å². The summed E-state index contributed by atoms with van der Waals surface area (Å²) in [7, 11) is 0. The molecule has 14 heavy (non-hydrogen) atoms. The molecule has 0 aliphatic rings. The van der Waals surface area contributed by atoms with Crippen LogP contribution in [-0.2, 0) is 13.0 Å². The Balaban J connectivity index is 2.51. The van der Waals surface area contributed by atoms with Crippen LogP contribution in [0.25, 0.3) is 0 Å². The van der Waals surface area contributed by atoms with Gasteiger partial charge in [0.05, 0.1) is 6.54 Å². The molecule has 4 nitrogen and oxygen atoms in total. The standard InChI is InChI=1S/C7H10F3N3O/c1-2-11-4-6-12-5(13-14-6)3-7(8,9)10/h11H,2-4H2,1H3. The highest BCUT2D eigenvalue weighted by Crippen LogP contribution is 2.19. The summed E-state index contributed by atoms with van der Waals surface area (Å²) in [6.45, 7) is 2.85. The van der Waals surface area contributed by atoms with Gasteiger partial charge in [-0.05, 0) is 6.54 Å². The Morgan fingerprint density at radius 2 is 2.14 bits per heavy atom. The Hall–Kier alpha value is -1.11. The van der Waals surface area contributed by atoms with Crippen LogP contribution in [0.15, 0.2) is 4.52 Å². The van der Waals surface area contributed by atoms with Gasteiger partial charge in [-0.25, -0.2) is 0 Å². The number of nitrogens with zero attached hydrogens (tertiary/aromatic N) is 2. The second-order valence-electron chi connectivity index (χ2n) is 2.68. The molecule has 0 unspecified atom stereocenters. The molecule has 0 spiro atoms. The Bertz CT molecular complexity index is 284. The lowest BCUT2D eigenvalue weighted by Crippen LogP contribution is -2.14. The first-order valence-electron chi connectivity index (χ1n) is 4.10. The topological polar surface area (TPSA) is 51.0 Å². The first kappa shape index (κ1) is 11.0. The van der Waals surface area contributed by atoms with Crippen molar-refractivity contribution >= 4 is 0 Å². The van der Waals surface area contributed by atoms with E-state index in [1.165, 1.54) is 0 Å². The average Bonchev–Trinajstić information content (AvgIpc) is 2.46. The third-order valence-electron chi connectivity index (χ3n) is 1.39. The van der Waals surface area contributed by atoms with Gasteiger partial charge in [-0.15, -0.1) is 0 Å². The van der Waals surface area contributed by atoms with Gasteiger partial charge in [0, 0.05) is 0 Å². The van der Waals surface area contributed by atoms with Crippen LogP contribution in [0.2, 0.25) is 0 Å². The van der Waals surface area contributed by atoms with Gasteiger partial charge >= 0.3 is 6.18 Å². The number of hydrogen-bond donors (Lipinski definition) is 1. The minimum Gasteiger partial charge on any atom is -0.338 e. The predicted octanol–water partition coefficient (Wildman–Crippen LogP) is 1.28. The van der Waals surface area contributed by atoms with Crippen LogP contribution >= 0.6 is 0 Å². The zero-order chi connectivity index (χ0) is 10.6. The Morgan fingerprint density at radius 3 is 2.71 bits per heavy atom. The Kier molecular flexibility index (Phi) is 3.45.